The Bertz CT molecular complexity index is 948. The van der Waals surface area contributed by atoms with Crippen molar-refractivity contribution in [3.8, 4) is 11.4 Å². The molecule has 1 amide bonds. The van der Waals surface area contributed by atoms with Crippen molar-refractivity contribution in [2.75, 3.05) is 13.1 Å². The molecule has 1 saturated heterocycles. The van der Waals surface area contributed by atoms with Gasteiger partial charge in [0, 0.05) is 31.0 Å². The summed E-state index contributed by atoms with van der Waals surface area (Å²) in [6, 6.07) is 16.9. The third-order valence-electron chi connectivity index (χ3n) is 4.82. The monoisotopic (exact) mass is 396 g/mol. The first kappa shape index (κ1) is 18.5. The highest BCUT2D eigenvalue weighted by Crippen LogP contribution is 2.22. The molecule has 4 rings (SSSR count). The average Bonchev–Trinajstić information content (AvgIpc) is 3.12. The van der Waals surface area contributed by atoms with Gasteiger partial charge in [-0.1, -0.05) is 29.8 Å². The molecule has 1 fully saturated rings. The fourth-order valence-electron chi connectivity index (χ4n) is 3.29. The van der Waals surface area contributed by atoms with Crippen LogP contribution < -0.4 is 4.74 Å². The van der Waals surface area contributed by atoms with Gasteiger partial charge in [-0.2, -0.15) is 9.90 Å². The summed E-state index contributed by atoms with van der Waals surface area (Å²) < 4.78 is 6.00. The first-order valence-electron chi connectivity index (χ1n) is 9.31. The van der Waals surface area contributed by atoms with Gasteiger partial charge in [0.25, 0.3) is 5.91 Å². The number of aromatic nitrogens is 3. The SMILES string of the molecule is Cc1nn(-c2ccccc2)nc1C(=O)N1CCC(Oc2ccc(Cl)cc2)CC1. The van der Waals surface area contributed by atoms with Gasteiger partial charge in [0.2, 0.25) is 0 Å². The molecule has 28 heavy (non-hydrogen) atoms. The van der Waals surface area contributed by atoms with Crippen molar-refractivity contribution < 1.29 is 9.53 Å². The Hall–Kier alpha value is -2.86. The van der Waals surface area contributed by atoms with E-state index in [1.54, 1.807) is 0 Å². The van der Waals surface area contributed by atoms with Gasteiger partial charge in [0.15, 0.2) is 5.69 Å². The largest absolute Gasteiger partial charge is 0.490 e. The van der Waals surface area contributed by atoms with E-state index in [0.717, 1.165) is 24.3 Å². The highest BCUT2D eigenvalue weighted by atomic mass is 35.5. The van der Waals surface area contributed by atoms with Gasteiger partial charge in [-0.15, -0.1) is 5.10 Å². The van der Waals surface area contributed by atoms with Crippen molar-refractivity contribution in [1.82, 2.24) is 19.9 Å². The maximum Gasteiger partial charge on any atom is 0.276 e. The zero-order chi connectivity index (χ0) is 19.5. The zero-order valence-corrected chi connectivity index (χ0v) is 16.3. The van der Waals surface area contributed by atoms with E-state index in [1.165, 1.54) is 4.80 Å². The summed E-state index contributed by atoms with van der Waals surface area (Å²) in [5, 5.41) is 9.50. The molecule has 7 heteroatoms. The summed E-state index contributed by atoms with van der Waals surface area (Å²) in [5.74, 6) is 0.723. The number of amides is 1. The molecule has 6 nitrogen and oxygen atoms in total. The number of nitrogens with zero attached hydrogens (tertiary/aromatic N) is 4. The first-order chi connectivity index (χ1) is 13.6. The smallest absolute Gasteiger partial charge is 0.276 e. The van der Waals surface area contributed by atoms with Crippen LogP contribution in [0.1, 0.15) is 29.0 Å². The summed E-state index contributed by atoms with van der Waals surface area (Å²) in [6.07, 6.45) is 1.65. The Morgan fingerprint density at radius 1 is 1.04 bits per heavy atom. The molecule has 0 radical (unpaired) electrons. The van der Waals surface area contributed by atoms with Crippen molar-refractivity contribution in [1.29, 1.82) is 0 Å². The maximum absolute atomic E-state index is 12.9. The fraction of sp³-hybridized carbons (Fsp3) is 0.286. The average molecular weight is 397 g/mol. The van der Waals surface area contributed by atoms with Gasteiger partial charge in [-0.3, -0.25) is 4.79 Å². The Labute approximate surface area is 168 Å². The minimum atomic E-state index is -0.0791. The van der Waals surface area contributed by atoms with Crippen LogP contribution in [-0.2, 0) is 0 Å². The molecule has 0 saturated carbocycles. The van der Waals surface area contributed by atoms with Crippen LogP contribution in [-0.4, -0.2) is 45.0 Å². The number of carbonyl (C=O) groups excluding carboxylic acids is 1. The number of ether oxygens (including phenoxy) is 1. The lowest BCUT2D eigenvalue weighted by Gasteiger charge is -2.31. The molecule has 0 unspecified atom stereocenters. The Kier molecular flexibility index (Phi) is 5.30. The summed E-state index contributed by atoms with van der Waals surface area (Å²) in [7, 11) is 0. The lowest BCUT2D eigenvalue weighted by Crippen LogP contribution is -2.42. The van der Waals surface area contributed by atoms with E-state index in [9.17, 15) is 4.79 Å². The van der Waals surface area contributed by atoms with Crippen LogP contribution >= 0.6 is 11.6 Å². The normalized spacial score (nSPS) is 14.9. The molecule has 144 valence electrons. The Balaban J connectivity index is 1.39. The predicted octanol–water partition coefficient (Wildman–Crippen LogP) is 3.91. The standard InChI is InChI=1S/C21H21ClN4O2/c1-15-20(24-26(23-15)17-5-3-2-4-6-17)21(27)25-13-11-19(12-14-25)28-18-9-7-16(22)8-10-18/h2-10,19H,11-14H2,1H3. The third-order valence-corrected chi connectivity index (χ3v) is 5.07. The topological polar surface area (TPSA) is 60.2 Å². The molecule has 1 aliphatic rings. The van der Waals surface area contributed by atoms with Gasteiger partial charge >= 0.3 is 0 Å². The lowest BCUT2D eigenvalue weighted by atomic mass is 10.1. The van der Waals surface area contributed by atoms with Gasteiger partial charge < -0.3 is 9.64 Å². The molecule has 2 aromatic carbocycles. The highest BCUT2D eigenvalue weighted by molar-refractivity contribution is 6.30. The lowest BCUT2D eigenvalue weighted by molar-refractivity contribution is 0.0589. The minimum Gasteiger partial charge on any atom is -0.490 e. The summed E-state index contributed by atoms with van der Waals surface area (Å²) >= 11 is 5.91. The number of benzene rings is 2. The summed E-state index contributed by atoms with van der Waals surface area (Å²) in [4.78, 5) is 16.3. The molecule has 0 atom stereocenters. The molecule has 1 aliphatic heterocycles. The van der Waals surface area contributed by atoms with E-state index in [-0.39, 0.29) is 12.0 Å². The van der Waals surface area contributed by atoms with E-state index in [1.807, 2.05) is 66.4 Å². The second kappa shape index (κ2) is 8.02. The molecule has 0 spiro atoms. The second-order valence-corrected chi connectivity index (χ2v) is 7.26. The molecule has 0 aliphatic carbocycles. The number of carbonyl (C=O) groups is 1. The van der Waals surface area contributed by atoms with E-state index in [2.05, 4.69) is 10.2 Å². The van der Waals surface area contributed by atoms with Crippen LogP contribution in [0.15, 0.2) is 54.6 Å². The van der Waals surface area contributed by atoms with E-state index in [0.29, 0.717) is 29.5 Å². The third kappa shape index (κ3) is 4.02. The van der Waals surface area contributed by atoms with Gasteiger partial charge in [0.05, 0.1) is 11.4 Å². The van der Waals surface area contributed by atoms with Crippen molar-refractivity contribution in [2.45, 2.75) is 25.9 Å². The Morgan fingerprint density at radius 3 is 2.39 bits per heavy atom. The molecular weight excluding hydrogens is 376 g/mol. The number of likely N-dealkylation sites (tertiary alicyclic amines) is 1. The molecule has 1 aromatic heterocycles. The summed E-state index contributed by atoms with van der Waals surface area (Å²) in [6.45, 7) is 3.08. The molecule has 3 aromatic rings. The maximum atomic E-state index is 12.9. The van der Waals surface area contributed by atoms with E-state index in [4.69, 9.17) is 16.3 Å². The quantitative estimate of drug-likeness (QED) is 0.670. The van der Waals surface area contributed by atoms with Crippen LogP contribution in [0.2, 0.25) is 5.02 Å². The van der Waals surface area contributed by atoms with Crippen LogP contribution in [0.25, 0.3) is 5.69 Å². The number of piperidine rings is 1. The highest BCUT2D eigenvalue weighted by Gasteiger charge is 2.28. The van der Waals surface area contributed by atoms with Crippen molar-refractivity contribution in [3.63, 3.8) is 0 Å². The first-order valence-corrected chi connectivity index (χ1v) is 9.69. The Morgan fingerprint density at radius 2 is 1.71 bits per heavy atom. The molecule has 0 N–H and O–H groups in total. The minimum absolute atomic E-state index is 0.0791. The number of aryl methyl sites for hydroxylation is 1. The molecule has 2 heterocycles. The van der Waals surface area contributed by atoms with Gasteiger partial charge in [-0.05, 0) is 43.3 Å². The number of hydrogen-bond acceptors (Lipinski definition) is 4. The number of para-hydroxylation sites is 1. The predicted molar refractivity (Wildman–Crippen MR) is 107 cm³/mol. The van der Waals surface area contributed by atoms with Crippen molar-refractivity contribution in [2.24, 2.45) is 0 Å². The van der Waals surface area contributed by atoms with Crippen molar-refractivity contribution >= 4 is 17.5 Å². The number of hydrogen-bond donors (Lipinski definition) is 0. The van der Waals surface area contributed by atoms with Crippen LogP contribution in [0.3, 0.4) is 0 Å². The van der Waals surface area contributed by atoms with Crippen LogP contribution in [0, 0.1) is 6.92 Å². The second-order valence-electron chi connectivity index (χ2n) is 6.82. The van der Waals surface area contributed by atoms with Crippen molar-refractivity contribution in [3.05, 3.63) is 71.0 Å². The fourth-order valence-corrected chi connectivity index (χ4v) is 3.41. The molecule has 0 bridgehead atoms. The number of rotatable bonds is 4. The zero-order valence-electron chi connectivity index (χ0n) is 15.6. The van der Waals surface area contributed by atoms with E-state index >= 15 is 0 Å². The summed E-state index contributed by atoms with van der Waals surface area (Å²) in [5.41, 5.74) is 1.87. The molecular formula is C21H21ClN4O2. The van der Waals surface area contributed by atoms with E-state index < -0.39 is 0 Å². The van der Waals surface area contributed by atoms with Gasteiger partial charge in [-0.25, -0.2) is 0 Å². The van der Waals surface area contributed by atoms with Crippen LogP contribution in [0.5, 0.6) is 5.75 Å². The van der Waals surface area contributed by atoms with Crippen LogP contribution in [0.4, 0.5) is 0 Å². The number of halogens is 1. The van der Waals surface area contributed by atoms with Gasteiger partial charge in [0.1, 0.15) is 11.9 Å².